The Morgan fingerprint density at radius 3 is 2.94 bits per heavy atom. The second-order valence-electron chi connectivity index (χ2n) is 4.61. The molecule has 0 atom stereocenters. The number of hydrogen-bond acceptors (Lipinski definition) is 4. The molecule has 2 rings (SSSR count). The fourth-order valence-corrected chi connectivity index (χ4v) is 2.48. The van der Waals surface area contributed by atoms with Gasteiger partial charge >= 0.3 is 0 Å². The van der Waals surface area contributed by atoms with Gasteiger partial charge in [0.1, 0.15) is 5.56 Å². The summed E-state index contributed by atoms with van der Waals surface area (Å²) < 4.78 is 1.40. The van der Waals surface area contributed by atoms with Gasteiger partial charge in [0.25, 0.3) is 11.5 Å². The lowest BCUT2D eigenvalue weighted by atomic mass is 10.2. The summed E-state index contributed by atoms with van der Waals surface area (Å²) in [6, 6.07) is 0. The molecule has 0 aromatic carbocycles. The van der Waals surface area contributed by atoms with E-state index in [1.807, 2.05) is 13.8 Å². The molecular formula is C12H15N3O2S. The Balaban J connectivity index is 2.39. The van der Waals surface area contributed by atoms with Crippen molar-refractivity contribution in [1.29, 1.82) is 0 Å². The minimum absolute atomic E-state index is 0.119. The predicted octanol–water partition coefficient (Wildman–Crippen LogP) is 1.48. The molecule has 0 saturated carbocycles. The molecule has 0 fully saturated rings. The molecule has 6 heteroatoms. The largest absolute Gasteiger partial charge is 0.341 e. The summed E-state index contributed by atoms with van der Waals surface area (Å²) in [5.74, 6) is 0.0846. The van der Waals surface area contributed by atoms with Crippen molar-refractivity contribution in [3.05, 3.63) is 33.7 Å². The van der Waals surface area contributed by atoms with Crippen molar-refractivity contribution in [1.82, 2.24) is 14.3 Å². The second-order valence-corrected chi connectivity index (χ2v) is 5.49. The Hall–Kier alpha value is -1.69. The molecule has 2 aromatic rings. The van der Waals surface area contributed by atoms with Crippen molar-refractivity contribution in [2.45, 2.75) is 13.8 Å². The van der Waals surface area contributed by atoms with Gasteiger partial charge in [0.15, 0.2) is 4.96 Å². The average molecular weight is 265 g/mol. The molecule has 2 heterocycles. The summed E-state index contributed by atoms with van der Waals surface area (Å²) in [5, 5.41) is 1.77. The van der Waals surface area contributed by atoms with Gasteiger partial charge in [-0.3, -0.25) is 14.0 Å². The SMILES string of the molecule is CC(C)CN(C)C(=O)c1cnc2sccn2c1=O. The third-order valence-corrected chi connectivity index (χ3v) is 3.33. The maximum Gasteiger partial charge on any atom is 0.271 e. The minimum Gasteiger partial charge on any atom is -0.341 e. The number of thiazole rings is 1. The summed E-state index contributed by atoms with van der Waals surface area (Å²) >= 11 is 1.37. The lowest BCUT2D eigenvalue weighted by Crippen LogP contribution is -2.35. The fraction of sp³-hybridized carbons (Fsp3) is 0.417. The van der Waals surface area contributed by atoms with Gasteiger partial charge in [0.2, 0.25) is 0 Å². The van der Waals surface area contributed by atoms with E-state index < -0.39 is 0 Å². The molecule has 0 unspecified atom stereocenters. The van der Waals surface area contributed by atoms with Crippen molar-refractivity contribution in [2.75, 3.05) is 13.6 Å². The highest BCUT2D eigenvalue weighted by molar-refractivity contribution is 7.15. The molecule has 2 aromatic heterocycles. The topological polar surface area (TPSA) is 54.7 Å². The lowest BCUT2D eigenvalue weighted by molar-refractivity contribution is 0.0777. The van der Waals surface area contributed by atoms with Crippen LogP contribution in [0, 0.1) is 5.92 Å². The molecule has 1 amide bonds. The first-order chi connectivity index (χ1) is 8.50. The molecule has 96 valence electrons. The molecular weight excluding hydrogens is 250 g/mol. The maximum atomic E-state index is 12.1. The van der Waals surface area contributed by atoms with Crippen molar-refractivity contribution >= 4 is 22.2 Å². The number of rotatable bonds is 3. The molecule has 18 heavy (non-hydrogen) atoms. The third kappa shape index (κ3) is 2.28. The van der Waals surface area contributed by atoms with Crippen LogP contribution in [0.25, 0.3) is 4.96 Å². The van der Waals surface area contributed by atoms with E-state index in [4.69, 9.17) is 0 Å². The minimum atomic E-state index is -0.304. The van der Waals surface area contributed by atoms with Crippen molar-refractivity contribution in [3.8, 4) is 0 Å². The van der Waals surface area contributed by atoms with Gasteiger partial charge in [-0.2, -0.15) is 0 Å². The Labute approximate surface area is 109 Å². The standard InChI is InChI=1S/C12H15N3O2S/c1-8(2)7-14(3)10(16)9-6-13-12-15(11(9)17)4-5-18-12/h4-6,8H,7H2,1-3H3. The van der Waals surface area contributed by atoms with Crippen LogP contribution in [0.15, 0.2) is 22.6 Å². The quantitative estimate of drug-likeness (QED) is 0.844. The first-order valence-corrected chi connectivity index (χ1v) is 6.59. The van der Waals surface area contributed by atoms with E-state index in [9.17, 15) is 9.59 Å². The van der Waals surface area contributed by atoms with Crippen LogP contribution >= 0.6 is 11.3 Å². The van der Waals surface area contributed by atoms with Gasteiger partial charge < -0.3 is 4.90 Å². The van der Waals surface area contributed by atoms with Gasteiger partial charge in [-0.1, -0.05) is 13.8 Å². The highest BCUT2D eigenvalue weighted by Gasteiger charge is 2.18. The molecule has 0 saturated heterocycles. The Kier molecular flexibility index (Phi) is 3.47. The summed E-state index contributed by atoms with van der Waals surface area (Å²) in [4.78, 5) is 30.5. The Morgan fingerprint density at radius 2 is 2.28 bits per heavy atom. The maximum absolute atomic E-state index is 12.1. The van der Waals surface area contributed by atoms with E-state index in [0.29, 0.717) is 17.4 Å². The molecule has 0 spiro atoms. The lowest BCUT2D eigenvalue weighted by Gasteiger charge is -2.18. The van der Waals surface area contributed by atoms with Crippen LogP contribution < -0.4 is 5.56 Å². The number of hydrogen-bond donors (Lipinski definition) is 0. The average Bonchev–Trinajstić information content (AvgIpc) is 2.76. The van der Waals surface area contributed by atoms with E-state index in [2.05, 4.69) is 4.98 Å². The number of carbonyl (C=O) groups excluding carboxylic acids is 1. The monoisotopic (exact) mass is 265 g/mol. The first kappa shape index (κ1) is 12.8. The van der Waals surface area contributed by atoms with Crippen molar-refractivity contribution < 1.29 is 4.79 Å². The fourth-order valence-electron chi connectivity index (χ4n) is 1.81. The summed E-state index contributed by atoms with van der Waals surface area (Å²) in [6.07, 6.45) is 3.00. The highest BCUT2D eigenvalue weighted by atomic mass is 32.1. The van der Waals surface area contributed by atoms with E-state index >= 15 is 0 Å². The highest BCUT2D eigenvalue weighted by Crippen LogP contribution is 2.07. The van der Waals surface area contributed by atoms with Crippen LogP contribution in [0.1, 0.15) is 24.2 Å². The van der Waals surface area contributed by atoms with E-state index in [-0.39, 0.29) is 17.0 Å². The van der Waals surface area contributed by atoms with Crippen LogP contribution in [0.5, 0.6) is 0 Å². The number of nitrogens with zero attached hydrogens (tertiary/aromatic N) is 3. The number of fused-ring (bicyclic) bond motifs is 1. The smallest absolute Gasteiger partial charge is 0.271 e. The summed E-state index contributed by atoms with van der Waals surface area (Å²) in [6.45, 7) is 4.67. The van der Waals surface area contributed by atoms with Gasteiger partial charge in [0, 0.05) is 31.4 Å². The molecule has 0 aliphatic carbocycles. The van der Waals surface area contributed by atoms with E-state index in [0.717, 1.165) is 0 Å². The summed E-state index contributed by atoms with van der Waals surface area (Å²) in [5.41, 5.74) is -0.184. The zero-order chi connectivity index (χ0) is 13.3. The van der Waals surface area contributed by atoms with Crippen LogP contribution in [-0.4, -0.2) is 33.8 Å². The van der Waals surface area contributed by atoms with Crippen LogP contribution in [-0.2, 0) is 0 Å². The van der Waals surface area contributed by atoms with Gasteiger partial charge in [-0.25, -0.2) is 4.98 Å². The van der Waals surface area contributed by atoms with Crippen LogP contribution in [0.4, 0.5) is 0 Å². The van der Waals surface area contributed by atoms with Gasteiger partial charge in [-0.15, -0.1) is 11.3 Å². The molecule has 0 aliphatic rings. The summed E-state index contributed by atoms with van der Waals surface area (Å²) in [7, 11) is 1.70. The van der Waals surface area contributed by atoms with E-state index in [1.165, 1.54) is 21.9 Å². The Morgan fingerprint density at radius 1 is 1.56 bits per heavy atom. The molecule has 0 bridgehead atoms. The third-order valence-electron chi connectivity index (χ3n) is 2.56. The number of aromatic nitrogens is 2. The van der Waals surface area contributed by atoms with Crippen molar-refractivity contribution in [2.24, 2.45) is 5.92 Å². The second kappa shape index (κ2) is 4.89. The predicted molar refractivity (Wildman–Crippen MR) is 71.1 cm³/mol. The zero-order valence-electron chi connectivity index (χ0n) is 10.6. The van der Waals surface area contributed by atoms with Crippen LogP contribution in [0.3, 0.4) is 0 Å². The zero-order valence-corrected chi connectivity index (χ0v) is 11.4. The van der Waals surface area contributed by atoms with E-state index in [1.54, 1.807) is 23.5 Å². The normalized spacial score (nSPS) is 11.1. The number of amides is 1. The van der Waals surface area contributed by atoms with Crippen LogP contribution in [0.2, 0.25) is 0 Å². The molecule has 5 nitrogen and oxygen atoms in total. The molecule has 0 radical (unpaired) electrons. The van der Waals surface area contributed by atoms with Crippen molar-refractivity contribution in [3.63, 3.8) is 0 Å². The van der Waals surface area contributed by atoms with Gasteiger partial charge in [0.05, 0.1) is 0 Å². The first-order valence-electron chi connectivity index (χ1n) is 5.71. The molecule has 0 aliphatic heterocycles. The van der Waals surface area contributed by atoms with Gasteiger partial charge in [-0.05, 0) is 5.92 Å². The Bertz CT molecular complexity index is 630. The molecule has 0 N–H and O–H groups in total. The number of carbonyl (C=O) groups is 1.